The van der Waals surface area contributed by atoms with E-state index in [1.54, 1.807) is 4.90 Å². The Morgan fingerprint density at radius 3 is 2.38 bits per heavy atom. The number of piperidine rings is 1. The topological polar surface area (TPSA) is 73.9 Å². The van der Waals surface area contributed by atoms with Crippen LogP contribution in [0.2, 0.25) is 0 Å². The van der Waals surface area contributed by atoms with Crippen LogP contribution in [0.25, 0.3) is 0 Å². The minimum atomic E-state index is -0.321. The van der Waals surface area contributed by atoms with Crippen LogP contribution in [0.1, 0.15) is 52.4 Å². The highest BCUT2D eigenvalue weighted by atomic mass is 16.5. The molecule has 2 N–H and O–H groups in total. The maximum atomic E-state index is 12.4. The molecular weight excluding hydrogens is 332 g/mol. The Morgan fingerprint density at radius 1 is 1.08 bits per heavy atom. The second-order valence-electron chi connectivity index (χ2n) is 7.87. The zero-order valence-electron chi connectivity index (χ0n) is 16.6. The summed E-state index contributed by atoms with van der Waals surface area (Å²) in [6.07, 6.45) is 6.57. The zero-order valence-corrected chi connectivity index (χ0v) is 16.6. The predicted molar refractivity (Wildman–Crippen MR) is 102 cm³/mol. The van der Waals surface area contributed by atoms with Crippen molar-refractivity contribution in [2.75, 3.05) is 39.8 Å². The molecule has 2 atom stereocenters. The van der Waals surface area contributed by atoms with Gasteiger partial charge in [-0.25, -0.2) is 9.59 Å². The number of rotatable bonds is 5. The molecule has 0 aliphatic carbocycles. The van der Waals surface area contributed by atoms with Crippen LogP contribution in [0.5, 0.6) is 0 Å². The molecule has 2 heterocycles. The molecule has 150 valence electrons. The van der Waals surface area contributed by atoms with Gasteiger partial charge < -0.3 is 20.3 Å². The molecule has 2 unspecified atom stereocenters. The first kappa shape index (κ1) is 20.8. The first-order valence-corrected chi connectivity index (χ1v) is 10.1. The lowest BCUT2D eigenvalue weighted by atomic mass is 10.0. The molecule has 0 radical (unpaired) electrons. The summed E-state index contributed by atoms with van der Waals surface area (Å²) in [6.45, 7) is 8.58. The summed E-state index contributed by atoms with van der Waals surface area (Å²) >= 11 is 0. The molecule has 2 aliphatic heterocycles. The van der Waals surface area contributed by atoms with E-state index in [0.29, 0.717) is 31.6 Å². The minimum Gasteiger partial charge on any atom is -0.453 e. The smallest absolute Gasteiger partial charge is 0.409 e. The monoisotopic (exact) mass is 368 g/mol. The van der Waals surface area contributed by atoms with Crippen molar-refractivity contribution in [1.29, 1.82) is 0 Å². The number of ether oxygens (including phenoxy) is 1. The van der Waals surface area contributed by atoms with Crippen LogP contribution in [0, 0.1) is 5.92 Å². The molecule has 0 spiro atoms. The number of carbonyl (C=O) groups excluding carboxylic acids is 2. The summed E-state index contributed by atoms with van der Waals surface area (Å²) in [7, 11) is 1.39. The molecule has 7 heteroatoms. The third-order valence-corrected chi connectivity index (χ3v) is 5.54. The lowest BCUT2D eigenvalue weighted by molar-refractivity contribution is 0.107. The average Bonchev–Trinajstić information content (AvgIpc) is 2.90. The molecule has 2 aliphatic rings. The molecule has 26 heavy (non-hydrogen) atoms. The highest BCUT2D eigenvalue weighted by molar-refractivity contribution is 5.74. The van der Waals surface area contributed by atoms with E-state index in [1.807, 2.05) is 0 Å². The fraction of sp³-hybridized carbons (Fsp3) is 0.895. The van der Waals surface area contributed by atoms with Crippen LogP contribution in [0.4, 0.5) is 9.59 Å². The van der Waals surface area contributed by atoms with Gasteiger partial charge in [0.15, 0.2) is 0 Å². The van der Waals surface area contributed by atoms with Crippen LogP contribution in [0.3, 0.4) is 0 Å². The van der Waals surface area contributed by atoms with Crippen molar-refractivity contribution < 1.29 is 14.3 Å². The average molecular weight is 369 g/mol. The van der Waals surface area contributed by atoms with Gasteiger partial charge in [0, 0.05) is 31.7 Å². The molecule has 7 nitrogen and oxygen atoms in total. The maximum absolute atomic E-state index is 12.4. The predicted octanol–water partition coefficient (Wildman–Crippen LogP) is 2.42. The lowest BCUT2D eigenvalue weighted by Crippen LogP contribution is -2.54. The van der Waals surface area contributed by atoms with E-state index in [9.17, 15) is 9.59 Å². The number of hydrogen-bond donors (Lipinski definition) is 2. The summed E-state index contributed by atoms with van der Waals surface area (Å²) in [4.78, 5) is 28.2. The van der Waals surface area contributed by atoms with Gasteiger partial charge in [0.25, 0.3) is 0 Å². The largest absolute Gasteiger partial charge is 0.453 e. The highest BCUT2D eigenvalue weighted by Gasteiger charge is 2.26. The van der Waals surface area contributed by atoms with E-state index in [0.717, 1.165) is 25.9 Å². The first-order chi connectivity index (χ1) is 12.5. The number of likely N-dealkylation sites (tertiary alicyclic amines) is 2. The molecule has 2 rings (SSSR count). The van der Waals surface area contributed by atoms with Gasteiger partial charge in [-0.05, 0) is 44.7 Å². The SMILES string of the molecule is COC(=O)N1CCCC(NC(=O)NCC(C(C)C)N2CCCCCC2)C1. The number of hydrogen-bond acceptors (Lipinski definition) is 4. The second kappa shape index (κ2) is 10.6. The van der Waals surface area contributed by atoms with E-state index in [4.69, 9.17) is 4.74 Å². The Balaban J connectivity index is 1.79. The number of nitrogens with one attached hydrogen (secondary N) is 2. The molecule has 0 bridgehead atoms. The third-order valence-electron chi connectivity index (χ3n) is 5.54. The van der Waals surface area contributed by atoms with Gasteiger partial charge in [0.1, 0.15) is 0 Å². The third kappa shape index (κ3) is 6.34. The van der Waals surface area contributed by atoms with Crippen LogP contribution in [-0.4, -0.2) is 73.8 Å². The summed E-state index contributed by atoms with van der Waals surface area (Å²) in [5, 5.41) is 6.08. The number of methoxy groups -OCH3 is 1. The van der Waals surface area contributed by atoms with Gasteiger partial charge >= 0.3 is 12.1 Å². The van der Waals surface area contributed by atoms with Crippen molar-refractivity contribution in [2.45, 2.75) is 64.5 Å². The Labute approximate surface area is 157 Å². The van der Waals surface area contributed by atoms with Crippen LogP contribution < -0.4 is 10.6 Å². The number of nitrogens with zero attached hydrogens (tertiary/aromatic N) is 2. The van der Waals surface area contributed by atoms with Gasteiger partial charge in [-0.1, -0.05) is 26.7 Å². The normalized spacial score (nSPS) is 23.2. The fourth-order valence-corrected chi connectivity index (χ4v) is 4.04. The number of carbonyl (C=O) groups is 2. The van der Waals surface area contributed by atoms with Gasteiger partial charge in [0.2, 0.25) is 0 Å². The van der Waals surface area contributed by atoms with Crippen LogP contribution in [-0.2, 0) is 4.74 Å². The molecule has 2 fully saturated rings. The Hall–Kier alpha value is -1.50. The second-order valence-corrected chi connectivity index (χ2v) is 7.87. The summed E-state index contributed by atoms with van der Waals surface area (Å²) < 4.78 is 4.78. The molecule has 0 aromatic carbocycles. The van der Waals surface area contributed by atoms with Crippen LogP contribution in [0.15, 0.2) is 0 Å². The van der Waals surface area contributed by atoms with E-state index in [1.165, 1.54) is 32.8 Å². The quantitative estimate of drug-likeness (QED) is 0.782. The van der Waals surface area contributed by atoms with Crippen LogP contribution >= 0.6 is 0 Å². The fourth-order valence-electron chi connectivity index (χ4n) is 4.04. The van der Waals surface area contributed by atoms with Gasteiger partial charge in [0.05, 0.1) is 7.11 Å². The number of urea groups is 1. The first-order valence-electron chi connectivity index (χ1n) is 10.1. The highest BCUT2D eigenvalue weighted by Crippen LogP contribution is 2.17. The maximum Gasteiger partial charge on any atom is 0.409 e. The van der Waals surface area contributed by atoms with Crippen molar-refractivity contribution in [3.05, 3.63) is 0 Å². The number of amides is 3. The van der Waals surface area contributed by atoms with E-state index in [2.05, 4.69) is 29.4 Å². The van der Waals surface area contributed by atoms with Crippen molar-refractivity contribution in [2.24, 2.45) is 5.92 Å². The summed E-state index contributed by atoms with van der Waals surface area (Å²) in [5.41, 5.74) is 0. The van der Waals surface area contributed by atoms with Gasteiger partial charge in [-0.15, -0.1) is 0 Å². The molecule has 0 saturated carbocycles. The molecule has 0 aromatic rings. The Kier molecular flexibility index (Phi) is 8.48. The summed E-state index contributed by atoms with van der Waals surface area (Å²) in [6, 6.07) is 0.220. The summed E-state index contributed by atoms with van der Waals surface area (Å²) in [5.74, 6) is 0.498. The lowest BCUT2D eigenvalue weighted by Gasteiger charge is -2.34. The van der Waals surface area contributed by atoms with Gasteiger partial charge in [-0.3, -0.25) is 4.90 Å². The van der Waals surface area contributed by atoms with E-state index < -0.39 is 0 Å². The molecule has 2 saturated heterocycles. The molecular formula is C19H36N4O3. The Morgan fingerprint density at radius 2 is 1.77 bits per heavy atom. The zero-order chi connectivity index (χ0) is 18.9. The van der Waals surface area contributed by atoms with Crippen molar-refractivity contribution >= 4 is 12.1 Å². The van der Waals surface area contributed by atoms with Crippen molar-refractivity contribution in [3.8, 4) is 0 Å². The van der Waals surface area contributed by atoms with E-state index >= 15 is 0 Å². The van der Waals surface area contributed by atoms with Gasteiger partial charge in [-0.2, -0.15) is 0 Å². The molecule has 0 aromatic heterocycles. The van der Waals surface area contributed by atoms with Crippen molar-refractivity contribution in [3.63, 3.8) is 0 Å². The standard InChI is InChI=1S/C19H36N4O3/c1-15(2)17(22-10-6-4-5-7-11-22)13-20-18(24)21-16-9-8-12-23(14-16)19(25)26-3/h15-17H,4-14H2,1-3H3,(H2,20,21,24). The van der Waals surface area contributed by atoms with E-state index in [-0.39, 0.29) is 18.2 Å². The minimum absolute atomic E-state index is 0.0152. The van der Waals surface area contributed by atoms with Crippen molar-refractivity contribution in [1.82, 2.24) is 20.4 Å². The molecule has 3 amide bonds. The Bertz CT molecular complexity index is 450.